The van der Waals surface area contributed by atoms with Crippen LogP contribution in [0.3, 0.4) is 0 Å². The Labute approximate surface area is 184 Å². The minimum absolute atomic E-state index is 0.202. The lowest BCUT2D eigenvalue weighted by atomic mass is 9.99. The van der Waals surface area contributed by atoms with Gasteiger partial charge in [-0.2, -0.15) is 5.10 Å². The van der Waals surface area contributed by atoms with E-state index >= 15 is 0 Å². The zero-order valence-electron chi connectivity index (χ0n) is 16.7. The summed E-state index contributed by atoms with van der Waals surface area (Å²) in [4.78, 5) is 25.8. The van der Waals surface area contributed by atoms with Gasteiger partial charge in [0, 0.05) is 18.7 Å². The number of carbonyl (C=O) groups excluding carboxylic acids is 1. The molecule has 2 N–H and O–H groups in total. The second-order valence-corrected chi connectivity index (χ2v) is 7.80. The summed E-state index contributed by atoms with van der Waals surface area (Å²) in [5.41, 5.74) is 1.73. The first-order valence-electron chi connectivity index (χ1n) is 9.79. The Morgan fingerprint density at radius 1 is 1.41 bits per heavy atom. The summed E-state index contributed by atoms with van der Waals surface area (Å²) in [7, 11) is 0. The number of rotatable bonds is 4. The number of alkyl halides is 2. The molecule has 2 atom stereocenters. The normalized spacial score (nSPS) is 17.2. The number of pyridine rings is 1. The molecule has 5 rings (SSSR count). The molecule has 0 aromatic carbocycles. The summed E-state index contributed by atoms with van der Waals surface area (Å²) in [6.45, 7) is 1.52. The number of aromatic nitrogens is 5. The number of oxazole rings is 1. The maximum atomic E-state index is 13.6. The quantitative estimate of drug-likeness (QED) is 0.449. The highest BCUT2D eigenvalue weighted by Crippen LogP contribution is 2.36. The van der Waals surface area contributed by atoms with Crippen molar-refractivity contribution < 1.29 is 23.1 Å². The summed E-state index contributed by atoms with van der Waals surface area (Å²) in [6.07, 6.45) is -2.35. The maximum absolute atomic E-state index is 13.6. The summed E-state index contributed by atoms with van der Waals surface area (Å²) in [5, 5.41) is 14.6. The van der Waals surface area contributed by atoms with Crippen molar-refractivity contribution in [3.8, 4) is 0 Å². The molecular formula is C20H17ClF2N6O3. The number of H-pyrrole nitrogens is 1. The fourth-order valence-corrected chi connectivity index (χ4v) is 4.10. The van der Waals surface area contributed by atoms with Crippen LogP contribution >= 0.6 is 11.6 Å². The van der Waals surface area contributed by atoms with Gasteiger partial charge in [0.15, 0.2) is 5.69 Å². The van der Waals surface area contributed by atoms with E-state index in [-0.39, 0.29) is 12.4 Å². The Bertz CT molecular complexity index is 1310. The number of hydrogen-bond acceptors (Lipinski definition) is 6. The minimum atomic E-state index is -3.05. The number of nitrogens with one attached hydrogen (secondary N) is 1. The summed E-state index contributed by atoms with van der Waals surface area (Å²) >= 11 is 6.24. The van der Waals surface area contributed by atoms with Gasteiger partial charge in [0.05, 0.1) is 23.2 Å². The number of nitrogens with zero attached hydrogens (tertiary/aromatic N) is 5. The molecule has 4 aromatic rings. The van der Waals surface area contributed by atoms with Gasteiger partial charge in [-0.3, -0.25) is 4.79 Å². The van der Waals surface area contributed by atoms with Crippen molar-refractivity contribution >= 4 is 23.0 Å². The highest BCUT2D eigenvalue weighted by atomic mass is 35.5. The number of hydrogen-bond donors (Lipinski definition) is 2. The number of aromatic amines is 1. The molecule has 1 amide bonds. The van der Waals surface area contributed by atoms with E-state index in [1.807, 2.05) is 6.07 Å². The van der Waals surface area contributed by atoms with Crippen LogP contribution in [0.1, 0.15) is 64.7 Å². The molecule has 1 aliphatic rings. The van der Waals surface area contributed by atoms with Crippen LogP contribution in [0.4, 0.5) is 8.78 Å². The Kier molecular flexibility index (Phi) is 4.94. The molecule has 0 radical (unpaired) electrons. The Morgan fingerprint density at radius 2 is 2.22 bits per heavy atom. The molecule has 0 saturated carbocycles. The summed E-state index contributed by atoms with van der Waals surface area (Å²) in [5.74, 6) is -1.75. The third kappa shape index (κ3) is 3.24. The second kappa shape index (κ2) is 7.68. The van der Waals surface area contributed by atoms with E-state index in [1.54, 1.807) is 18.2 Å². The van der Waals surface area contributed by atoms with E-state index in [0.29, 0.717) is 28.5 Å². The largest absolute Gasteiger partial charge is 0.432 e. The Morgan fingerprint density at radius 3 is 2.94 bits per heavy atom. The van der Waals surface area contributed by atoms with E-state index < -0.39 is 35.9 Å². The van der Waals surface area contributed by atoms with Gasteiger partial charge < -0.3 is 19.4 Å². The van der Waals surface area contributed by atoms with Gasteiger partial charge in [0.25, 0.3) is 12.3 Å². The number of fused-ring (bicyclic) bond motifs is 2. The predicted molar refractivity (Wildman–Crippen MR) is 107 cm³/mol. The van der Waals surface area contributed by atoms with E-state index in [2.05, 4.69) is 20.1 Å². The van der Waals surface area contributed by atoms with Gasteiger partial charge >= 0.3 is 0 Å². The molecule has 0 saturated heterocycles. The van der Waals surface area contributed by atoms with Crippen LogP contribution in [0.5, 0.6) is 0 Å². The fraction of sp³-hybridized carbons (Fsp3) is 0.300. The molecule has 0 bridgehead atoms. The first kappa shape index (κ1) is 20.6. The molecule has 0 fully saturated rings. The molecule has 166 valence electrons. The highest BCUT2D eigenvalue weighted by molar-refractivity contribution is 6.29. The molecule has 1 unspecified atom stereocenters. The zero-order chi connectivity index (χ0) is 22.6. The molecule has 1 aliphatic heterocycles. The number of halogens is 3. The van der Waals surface area contributed by atoms with Gasteiger partial charge in [-0.1, -0.05) is 17.7 Å². The lowest BCUT2D eigenvalue weighted by molar-refractivity contribution is 0.0631. The van der Waals surface area contributed by atoms with Gasteiger partial charge in [-0.15, -0.1) is 0 Å². The Hall–Kier alpha value is -3.31. The summed E-state index contributed by atoms with van der Waals surface area (Å²) < 4.78 is 34.0. The topological polar surface area (TPSA) is 113 Å². The van der Waals surface area contributed by atoms with E-state index in [0.717, 1.165) is 5.69 Å². The average molecular weight is 463 g/mol. The van der Waals surface area contributed by atoms with Crippen molar-refractivity contribution in [3.05, 3.63) is 70.2 Å². The molecule has 9 nitrogen and oxygen atoms in total. The molecular weight excluding hydrogens is 446 g/mol. The van der Waals surface area contributed by atoms with Crippen molar-refractivity contribution in [2.45, 2.75) is 31.9 Å². The van der Waals surface area contributed by atoms with E-state index in [1.165, 1.54) is 22.7 Å². The molecule has 4 aromatic heterocycles. The molecule has 32 heavy (non-hydrogen) atoms. The monoisotopic (exact) mass is 462 g/mol. The SMILES string of the molecule is C[C@H](O)c1nc(C(F)F)c(C(=O)N2CCc3[nH]cnc3C2c2cc3cccc(Cl)n3n2)o1. The Balaban J connectivity index is 1.63. The van der Waals surface area contributed by atoms with Crippen molar-refractivity contribution in [1.29, 1.82) is 0 Å². The standard InChI is InChI=1S/C20H17ClF2N6O3/c1-9(30)19-26-15(18(22)23)17(32-19)20(31)28-6-5-11-14(25-8-24-11)16(28)12-7-10-3-2-4-13(21)29(10)27-12/h2-4,7-9,16,18,30H,5-6H2,1H3,(H,24,25)/t9-,16?/m0/s1. The van der Waals surface area contributed by atoms with Crippen molar-refractivity contribution in [3.63, 3.8) is 0 Å². The van der Waals surface area contributed by atoms with Crippen LogP contribution in [0, 0.1) is 0 Å². The van der Waals surface area contributed by atoms with Crippen LogP contribution < -0.4 is 0 Å². The molecule has 0 spiro atoms. The molecule has 5 heterocycles. The number of aliphatic hydroxyl groups excluding tert-OH is 1. The van der Waals surface area contributed by atoms with Gasteiger partial charge in [0.2, 0.25) is 11.7 Å². The summed E-state index contributed by atoms with van der Waals surface area (Å²) in [6, 6.07) is 6.25. The average Bonchev–Trinajstić information content (AvgIpc) is 3.49. The van der Waals surface area contributed by atoms with Crippen LogP contribution in [0.15, 0.2) is 35.0 Å². The maximum Gasteiger partial charge on any atom is 0.292 e. The highest BCUT2D eigenvalue weighted by Gasteiger charge is 2.40. The van der Waals surface area contributed by atoms with Crippen LogP contribution in [-0.2, 0) is 6.42 Å². The van der Waals surface area contributed by atoms with Gasteiger partial charge in [-0.25, -0.2) is 23.3 Å². The number of carbonyl (C=O) groups is 1. The zero-order valence-corrected chi connectivity index (χ0v) is 17.4. The van der Waals surface area contributed by atoms with Crippen LogP contribution in [0.2, 0.25) is 5.15 Å². The van der Waals surface area contributed by atoms with Crippen molar-refractivity contribution in [2.24, 2.45) is 0 Å². The van der Waals surface area contributed by atoms with Gasteiger partial charge in [0.1, 0.15) is 17.3 Å². The third-order valence-corrected chi connectivity index (χ3v) is 5.64. The van der Waals surface area contributed by atoms with Crippen molar-refractivity contribution in [2.75, 3.05) is 6.54 Å². The lowest BCUT2D eigenvalue weighted by Gasteiger charge is -2.33. The number of amides is 1. The predicted octanol–water partition coefficient (Wildman–Crippen LogP) is 3.48. The number of aliphatic hydroxyl groups is 1. The molecule has 12 heteroatoms. The van der Waals surface area contributed by atoms with Crippen molar-refractivity contribution in [1.82, 2.24) is 29.5 Å². The lowest BCUT2D eigenvalue weighted by Crippen LogP contribution is -2.41. The third-order valence-electron chi connectivity index (χ3n) is 5.35. The first-order chi connectivity index (χ1) is 15.3. The molecule has 0 aliphatic carbocycles. The van der Waals surface area contributed by atoms with E-state index in [9.17, 15) is 18.7 Å². The smallest absolute Gasteiger partial charge is 0.292 e. The van der Waals surface area contributed by atoms with Crippen LogP contribution in [0.25, 0.3) is 5.52 Å². The first-order valence-corrected chi connectivity index (χ1v) is 10.2. The van der Waals surface area contributed by atoms with Gasteiger partial charge in [-0.05, 0) is 25.1 Å². The van der Waals surface area contributed by atoms with E-state index in [4.69, 9.17) is 16.0 Å². The fourth-order valence-electron chi connectivity index (χ4n) is 3.89. The number of imidazole rings is 1. The minimum Gasteiger partial charge on any atom is -0.432 e. The van der Waals surface area contributed by atoms with Crippen LogP contribution in [-0.4, -0.2) is 47.0 Å². The second-order valence-electron chi connectivity index (χ2n) is 7.41.